The zero-order valence-corrected chi connectivity index (χ0v) is 8.49. The zero-order valence-electron chi connectivity index (χ0n) is 8.49. The van der Waals surface area contributed by atoms with Crippen LogP contribution in [-0.4, -0.2) is 35.5 Å². The number of rotatable bonds is 5. The normalized spacial score (nSPS) is 11.9. The summed E-state index contributed by atoms with van der Waals surface area (Å²) in [4.78, 5) is 0. The summed E-state index contributed by atoms with van der Waals surface area (Å²) in [6.07, 6.45) is 1.90. The minimum absolute atomic E-state index is 0.160. The third-order valence-corrected chi connectivity index (χ3v) is 1.44. The molecule has 0 aliphatic heterocycles. The molecule has 0 aliphatic carbocycles. The van der Waals surface area contributed by atoms with Crippen molar-refractivity contribution in [1.29, 1.82) is 0 Å². The second-order valence-electron chi connectivity index (χ2n) is 3.49. The minimum atomic E-state index is 0.160. The van der Waals surface area contributed by atoms with Crippen molar-refractivity contribution in [3.8, 4) is 0 Å². The van der Waals surface area contributed by atoms with Gasteiger partial charge >= 0.3 is 0 Å². The third kappa shape index (κ3) is 5.13. The maximum absolute atomic E-state index is 8.74. The van der Waals surface area contributed by atoms with E-state index in [9.17, 15) is 0 Å². The van der Waals surface area contributed by atoms with E-state index in [-0.39, 0.29) is 6.61 Å². The van der Waals surface area contributed by atoms with Crippen LogP contribution in [0.4, 0.5) is 0 Å². The molecule has 0 aliphatic rings. The summed E-state index contributed by atoms with van der Waals surface area (Å²) in [6.45, 7) is 9.07. The molecule has 1 N–H and O–H groups in total. The summed E-state index contributed by atoms with van der Waals surface area (Å²) >= 11 is 0. The molecule has 3 heteroatoms. The van der Waals surface area contributed by atoms with Crippen LogP contribution in [-0.2, 0) is 0 Å². The highest BCUT2D eigenvalue weighted by Gasteiger charge is 2.03. The van der Waals surface area contributed by atoms with Gasteiger partial charge in [-0.2, -0.15) is 5.10 Å². The van der Waals surface area contributed by atoms with Gasteiger partial charge in [0.15, 0.2) is 0 Å². The van der Waals surface area contributed by atoms with Crippen LogP contribution in [0.5, 0.6) is 0 Å². The van der Waals surface area contributed by atoms with E-state index in [0.29, 0.717) is 18.5 Å². The van der Waals surface area contributed by atoms with Crippen molar-refractivity contribution in [2.24, 2.45) is 11.0 Å². The van der Waals surface area contributed by atoms with Gasteiger partial charge in [0.25, 0.3) is 0 Å². The summed E-state index contributed by atoms with van der Waals surface area (Å²) in [6, 6.07) is 0.354. The van der Waals surface area contributed by atoms with E-state index >= 15 is 0 Å². The van der Waals surface area contributed by atoms with Crippen LogP contribution in [0.3, 0.4) is 0 Å². The zero-order chi connectivity index (χ0) is 9.56. The van der Waals surface area contributed by atoms with Gasteiger partial charge in [-0.05, 0) is 19.8 Å². The Balaban J connectivity index is 3.94. The summed E-state index contributed by atoms with van der Waals surface area (Å²) in [5.74, 6) is 0.463. The van der Waals surface area contributed by atoms with E-state index < -0.39 is 0 Å². The largest absolute Gasteiger partial charge is 0.394 e. The summed E-state index contributed by atoms with van der Waals surface area (Å²) in [5.41, 5.74) is 0. The molecule has 3 nitrogen and oxygen atoms in total. The molecular weight excluding hydrogens is 152 g/mol. The summed E-state index contributed by atoms with van der Waals surface area (Å²) in [5, 5.41) is 14.9. The Morgan fingerprint density at radius 1 is 1.33 bits per heavy atom. The molecule has 0 spiro atoms. The summed E-state index contributed by atoms with van der Waals surface area (Å²) in [7, 11) is 0. The second-order valence-corrected chi connectivity index (χ2v) is 3.49. The van der Waals surface area contributed by atoms with Crippen LogP contribution in [0.15, 0.2) is 5.10 Å². The fraction of sp³-hybridized carbons (Fsp3) is 0.889. The Kier molecular flexibility index (Phi) is 5.72. The molecule has 0 fully saturated rings. The number of hydrogen-bond donors (Lipinski definition) is 1. The van der Waals surface area contributed by atoms with Crippen molar-refractivity contribution in [3.63, 3.8) is 0 Å². The van der Waals surface area contributed by atoms with Gasteiger partial charge in [-0.25, -0.2) is 0 Å². The second kappa shape index (κ2) is 6.00. The molecule has 12 heavy (non-hydrogen) atoms. The lowest BCUT2D eigenvalue weighted by atomic mass is 10.2. The molecular formula is C9H20N2O. The van der Waals surface area contributed by atoms with Crippen LogP contribution >= 0.6 is 0 Å². The summed E-state index contributed by atoms with van der Waals surface area (Å²) < 4.78 is 0. The lowest BCUT2D eigenvalue weighted by Gasteiger charge is -2.22. The lowest BCUT2D eigenvalue weighted by molar-refractivity contribution is 0.171. The van der Waals surface area contributed by atoms with Gasteiger partial charge in [-0.3, -0.25) is 5.01 Å². The average molecular weight is 172 g/mol. The average Bonchev–Trinajstić information content (AvgIpc) is 1.96. The molecule has 0 aromatic carbocycles. The Morgan fingerprint density at radius 2 is 1.92 bits per heavy atom. The van der Waals surface area contributed by atoms with Crippen LogP contribution in [0.2, 0.25) is 0 Å². The first-order valence-corrected chi connectivity index (χ1v) is 4.49. The number of aliphatic hydroxyl groups is 1. The first-order valence-electron chi connectivity index (χ1n) is 4.49. The lowest BCUT2D eigenvalue weighted by Crippen LogP contribution is -2.28. The maximum atomic E-state index is 8.74. The molecule has 0 saturated carbocycles. The Bertz CT molecular complexity index is 132. The monoisotopic (exact) mass is 172 g/mol. The van der Waals surface area contributed by atoms with Crippen LogP contribution in [0.25, 0.3) is 0 Å². The molecule has 0 aromatic heterocycles. The molecule has 0 atom stereocenters. The Morgan fingerprint density at radius 3 is 2.25 bits per heavy atom. The Labute approximate surface area is 75.1 Å². The van der Waals surface area contributed by atoms with Gasteiger partial charge in [-0.15, -0.1) is 0 Å². The molecule has 0 radical (unpaired) electrons. The van der Waals surface area contributed by atoms with Crippen LogP contribution < -0.4 is 0 Å². The molecule has 0 amide bonds. The van der Waals surface area contributed by atoms with E-state index in [4.69, 9.17) is 5.11 Å². The topological polar surface area (TPSA) is 35.8 Å². The fourth-order valence-electron chi connectivity index (χ4n) is 0.771. The fourth-order valence-corrected chi connectivity index (χ4v) is 0.771. The van der Waals surface area contributed by atoms with Crippen molar-refractivity contribution in [2.45, 2.75) is 33.7 Å². The highest BCUT2D eigenvalue weighted by Crippen LogP contribution is 1.98. The first kappa shape index (κ1) is 11.4. The minimum Gasteiger partial charge on any atom is -0.394 e. The molecule has 0 aromatic rings. The number of aliphatic hydroxyl groups excluding tert-OH is 1. The van der Waals surface area contributed by atoms with Gasteiger partial charge in [0.05, 0.1) is 13.2 Å². The molecule has 72 valence electrons. The van der Waals surface area contributed by atoms with Gasteiger partial charge in [0.1, 0.15) is 0 Å². The first-order chi connectivity index (χ1) is 5.57. The van der Waals surface area contributed by atoms with Crippen molar-refractivity contribution in [2.75, 3.05) is 13.2 Å². The number of nitrogens with zero attached hydrogens (tertiary/aromatic N) is 2. The predicted octanol–water partition coefficient (Wildman–Crippen LogP) is 1.33. The van der Waals surface area contributed by atoms with E-state index in [1.54, 1.807) is 0 Å². The molecule has 0 bridgehead atoms. The quantitative estimate of drug-likeness (QED) is 0.501. The standard InChI is InChI=1S/C9H20N2O/c1-8(2)7-10-11(5-6-12)9(3)4/h7-9,12H,5-6H2,1-4H3/b10-7+. The van der Waals surface area contributed by atoms with Gasteiger partial charge < -0.3 is 5.11 Å². The van der Waals surface area contributed by atoms with Gasteiger partial charge in [-0.1, -0.05) is 13.8 Å². The van der Waals surface area contributed by atoms with Gasteiger partial charge in [0, 0.05) is 12.3 Å². The maximum Gasteiger partial charge on any atom is 0.0623 e. The Hall–Kier alpha value is -0.570. The van der Waals surface area contributed by atoms with Crippen LogP contribution in [0, 0.1) is 5.92 Å². The smallest absolute Gasteiger partial charge is 0.0623 e. The van der Waals surface area contributed by atoms with E-state index in [1.807, 2.05) is 11.2 Å². The molecule has 0 unspecified atom stereocenters. The van der Waals surface area contributed by atoms with Crippen LogP contribution in [0.1, 0.15) is 27.7 Å². The number of hydrazone groups is 1. The van der Waals surface area contributed by atoms with Crippen molar-refractivity contribution in [1.82, 2.24) is 5.01 Å². The highest BCUT2D eigenvalue weighted by atomic mass is 16.3. The van der Waals surface area contributed by atoms with Crippen molar-refractivity contribution < 1.29 is 5.11 Å². The SMILES string of the molecule is CC(C)/C=N/N(CCO)C(C)C. The van der Waals surface area contributed by atoms with Crippen molar-refractivity contribution >= 4 is 6.21 Å². The number of hydrogen-bond acceptors (Lipinski definition) is 3. The molecule has 0 saturated heterocycles. The van der Waals surface area contributed by atoms with E-state index in [0.717, 1.165) is 0 Å². The third-order valence-electron chi connectivity index (χ3n) is 1.44. The van der Waals surface area contributed by atoms with Gasteiger partial charge in [0.2, 0.25) is 0 Å². The molecule has 0 rings (SSSR count). The van der Waals surface area contributed by atoms with E-state index in [2.05, 4.69) is 32.8 Å². The van der Waals surface area contributed by atoms with E-state index in [1.165, 1.54) is 0 Å². The highest BCUT2D eigenvalue weighted by molar-refractivity contribution is 5.59. The predicted molar refractivity (Wildman–Crippen MR) is 52.3 cm³/mol. The van der Waals surface area contributed by atoms with Crippen molar-refractivity contribution in [3.05, 3.63) is 0 Å². The molecule has 0 heterocycles.